The van der Waals surface area contributed by atoms with Gasteiger partial charge < -0.3 is 5.32 Å². The largest absolute Gasteiger partial charge is 0.335 e. The summed E-state index contributed by atoms with van der Waals surface area (Å²) < 4.78 is 0. The fraction of sp³-hybridized carbons (Fsp3) is 0.786. The number of fused-ring (bicyclic) bond motifs is 1. The van der Waals surface area contributed by atoms with Gasteiger partial charge >= 0.3 is 0 Å². The van der Waals surface area contributed by atoms with Gasteiger partial charge in [-0.15, -0.1) is 0 Å². The number of carbonyl (C=O) groups excluding carboxylic acids is 1. The van der Waals surface area contributed by atoms with Gasteiger partial charge in [-0.05, 0) is 49.5 Å². The summed E-state index contributed by atoms with van der Waals surface area (Å²) in [4.78, 5) is 17.7. The topological polar surface area (TPSA) is 50.4 Å². The molecular weight excluding hydrogens is 228 g/mol. The number of nitrogens with one attached hydrogen (secondary N) is 2. The zero-order chi connectivity index (χ0) is 12.2. The maximum Gasteiger partial charge on any atom is 0.225 e. The van der Waals surface area contributed by atoms with Gasteiger partial charge in [-0.25, -0.2) is 0 Å². The van der Waals surface area contributed by atoms with E-state index in [1.165, 1.54) is 31.3 Å². The Morgan fingerprint density at radius 2 is 2.33 bits per heavy atom. The Hall–Kier alpha value is -0.870. The molecule has 98 valence electrons. The normalized spacial score (nSPS) is 39.8. The lowest BCUT2D eigenvalue weighted by Crippen LogP contribution is -2.44. The molecule has 1 heterocycles. The van der Waals surface area contributed by atoms with Crippen molar-refractivity contribution >= 4 is 5.91 Å². The van der Waals surface area contributed by atoms with Gasteiger partial charge in [0.25, 0.3) is 0 Å². The van der Waals surface area contributed by atoms with Gasteiger partial charge in [-0.3, -0.25) is 9.63 Å². The van der Waals surface area contributed by atoms with Crippen molar-refractivity contribution in [2.75, 3.05) is 0 Å². The van der Waals surface area contributed by atoms with E-state index in [1.54, 1.807) is 0 Å². The van der Waals surface area contributed by atoms with Crippen molar-refractivity contribution in [2.24, 2.45) is 11.3 Å². The van der Waals surface area contributed by atoms with Gasteiger partial charge in [0.15, 0.2) is 0 Å². The molecule has 18 heavy (non-hydrogen) atoms. The molecule has 4 heteroatoms. The monoisotopic (exact) mass is 248 g/mol. The lowest BCUT2D eigenvalue weighted by atomic mass is 9.79. The molecule has 1 amide bonds. The van der Waals surface area contributed by atoms with Gasteiger partial charge in [-0.1, -0.05) is 12.5 Å². The smallest absolute Gasteiger partial charge is 0.225 e. The minimum Gasteiger partial charge on any atom is -0.335 e. The average molecular weight is 248 g/mol. The molecule has 2 N–H and O–H groups in total. The Labute approximate surface area is 107 Å². The molecule has 0 bridgehead atoms. The molecule has 1 spiro atoms. The lowest BCUT2D eigenvalue weighted by Gasteiger charge is -2.26. The first-order valence-electron chi connectivity index (χ1n) is 7.20. The van der Waals surface area contributed by atoms with E-state index in [0.717, 1.165) is 19.3 Å². The quantitative estimate of drug-likeness (QED) is 0.730. The number of rotatable bonds is 2. The van der Waals surface area contributed by atoms with Gasteiger partial charge in [-0.2, -0.15) is 5.48 Å². The standard InChI is InChI=1S/C14H20N2O2/c17-13(10-8-14(10)6-3-7-14)15-12-9-4-1-2-5-11(9)18-16-12/h4,10-12,16H,1-3,5-8H2,(H,15,17)/t10-,11?,12?/m0/s1. The molecule has 2 unspecified atom stereocenters. The van der Waals surface area contributed by atoms with Crippen LogP contribution in [0.1, 0.15) is 44.9 Å². The van der Waals surface area contributed by atoms with Crippen LogP contribution in [0.5, 0.6) is 0 Å². The van der Waals surface area contributed by atoms with Crippen LogP contribution in [0.4, 0.5) is 0 Å². The number of hydrogen-bond donors (Lipinski definition) is 2. The van der Waals surface area contributed by atoms with E-state index in [9.17, 15) is 4.79 Å². The zero-order valence-corrected chi connectivity index (χ0v) is 10.6. The molecule has 3 fully saturated rings. The third-order valence-corrected chi connectivity index (χ3v) is 5.23. The Bertz CT molecular complexity index is 414. The van der Waals surface area contributed by atoms with Crippen molar-refractivity contribution in [3.63, 3.8) is 0 Å². The summed E-state index contributed by atoms with van der Waals surface area (Å²) in [6.07, 6.45) is 10.6. The maximum atomic E-state index is 12.2. The average Bonchev–Trinajstić information content (AvgIpc) is 3.01. The Balaban J connectivity index is 1.40. The fourth-order valence-electron chi connectivity index (χ4n) is 3.78. The molecular formula is C14H20N2O2. The van der Waals surface area contributed by atoms with Gasteiger partial charge in [0.05, 0.1) is 0 Å². The van der Waals surface area contributed by atoms with Crippen LogP contribution in [-0.2, 0) is 9.63 Å². The SMILES string of the molecule is O=C(NC1NOC2CCCC=C12)[C@@H]1CC12CCC2. The van der Waals surface area contributed by atoms with E-state index in [0.29, 0.717) is 5.41 Å². The Kier molecular flexibility index (Phi) is 2.33. The zero-order valence-electron chi connectivity index (χ0n) is 10.6. The van der Waals surface area contributed by atoms with Gasteiger partial charge in [0.1, 0.15) is 12.3 Å². The van der Waals surface area contributed by atoms with Crippen LogP contribution >= 0.6 is 0 Å². The third-order valence-electron chi connectivity index (χ3n) is 5.23. The van der Waals surface area contributed by atoms with Crippen LogP contribution in [0.15, 0.2) is 11.6 Å². The van der Waals surface area contributed by atoms with Crippen molar-refractivity contribution in [3.05, 3.63) is 11.6 Å². The van der Waals surface area contributed by atoms with Crippen molar-refractivity contribution in [3.8, 4) is 0 Å². The Morgan fingerprint density at radius 1 is 1.44 bits per heavy atom. The lowest BCUT2D eigenvalue weighted by molar-refractivity contribution is -0.124. The van der Waals surface area contributed by atoms with Gasteiger partial charge in [0, 0.05) is 5.92 Å². The first-order chi connectivity index (χ1) is 8.78. The number of hydroxylamine groups is 1. The fourth-order valence-corrected chi connectivity index (χ4v) is 3.78. The highest BCUT2D eigenvalue weighted by atomic mass is 16.7. The maximum absolute atomic E-state index is 12.2. The van der Waals surface area contributed by atoms with Crippen molar-refractivity contribution < 1.29 is 9.63 Å². The highest BCUT2D eigenvalue weighted by Gasteiger charge is 2.61. The summed E-state index contributed by atoms with van der Waals surface area (Å²) >= 11 is 0. The number of hydrogen-bond acceptors (Lipinski definition) is 3. The molecule has 0 radical (unpaired) electrons. The highest BCUT2D eigenvalue weighted by Crippen LogP contribution is 2.65. The Morgan fingerprint density at radius 3 is 3.06 bits per heavy atom. The van der Waals surface area contributed by atoms with Crippen molar-refractivity contribution in [2.45, 2.75) is 57.2 Å². The van der Waals surface area contributed by atoms with E-state index < -0.39 is 0 Å². The van der Waals surface area contributed by atoms with E-state index >= 15 is 0 Å². The number of carbonyl (C=O) groups is 1. The molecule has 1 aliphatic heterocycles. The molecule has 4 aliphatic rings. The first-order valence-corrected chi connectivity index (χ1v) is 7.20. The predicted molar refractivity (Wildman–Crippen MR) is 66.3 cm³/mol. The summed E-state index contributed by atoms with van der Waals surface area (Å²) in [5, 5.41) is 3.12. The first kappa shape index (κ1) is 11.0. The van der Waals surface area contributed by atoms with Gasteiger partial charge in [0.2, 0.25) is 5.91 Å². The molecule has 4 rings (SSSR count). The number of allylic oxidation sites excluding steroid dienone is 1. The van der Waals surface area contributed by atoms with E-state index in [1.807, 2.05) is 0 Å². The van der Waals surface area contributed by atoms with Crippen molar-refractivity contribution in [1.29, 1.82) is 0 Å². The number of amides is 1. The van der Waals surface area contributed by atoms with E-state index in [2.05, 4.69) is 16.9 Å². The molecule has 0 aromatic heterocycles. The second-order valence-electron chi connectivity index (χ2n) is 6.27. The predicted octanol–water partition coefficient (Wildman–Crippen LogP) is 1.63. The second-order valence-corrected chi connectivity index (χ2v) is 6.27. The summed E-state index contributed by atoms with van der Waals surface area (Å²) in [6.45, 7) is 0. The van der Waals surface area contributed by atoms with Crippen LogP contribution in [0.2, 0.25) is 0 Å². The summed E-state index contributed by atoms with van der Waals surface area (Å²) in [7, 11) is 0. The molecule has 4 nitrogen and oxygen atoms in total. The molecule has 3 aliphatic carbocycles. The minimum atomic E-state index is -0.0828. The third kappa shape index (κ3) is 1.55. The molecule has 0 aromatic rings. The molecule has 1 saturated heterocycles. The summed E-state index contributed by atoms with van der Waals surface area (Å²) in [6, 6.07) is 0. The van der Waals surface area contributed by atoms with Crippen LogP contribution in [0.3, 0.4) is 0 Å². The molecule has 2 saturated carbocycles. The minimum absolute atomic E-state index is 0.0828. The van der Waals surface area contributed by atoms with E-state index in [-0.39, 0.29) is 24.1 Å². The van der Waals surface area contributed by atoms with E-state index in [4.69, 9.17) is 4.84 Å². The molecule has 3 atom stereocenters. The van der Waals surface area contributed by atoms with Crippen LogP contribution in [-0.4, -0.2) is 18.2 Å². The van der Waals surface area contributed by atoms with Crippen LogP contribution in [0.25, 0.3) is 0 Å². The second kappa shape index (κ2) is 3.81. The van der Waals surface area contributed by atoms with Crippen LogP contribution in [0, 0.1) is 11.3 Å². The summed E-state index contributed by atoms with van der Waals surface area (Å²) in [5.41, 5.74) is 4.62. The highest BCUT2D eigenvalue weighted by molar-refractivity contribution is 5.83. The summed E-state index contributed by atoms with van der Waals surface area (Å²) in [5.74, 6) is 0.499. The van der Waals surface area contributed by atoms with Crippen LogP contribution < -0.4 is 10.8 Å². The van der Waals surface area contributed by atoms with Crippen molar-refractivity contribution in [1.82, 2.24) is 10.8 Å². The molecule has 0 aromatic carbocycles.